The van der Waals surface area contributed by atoms with Gasteiger partial charge < -0.3 is 39.5 Å². The lowest BCUT2D eigenvalue weighted by Gasteiger charge is -2.20. The lowest BCUT2D eigenvalue weighted by atomic mass is 9.88. The van der Waals surface area contributed by atoms with Gasteiger partial charge in [-0.05, 0) is 37.5 Å². The predicted molar refractivity (Wildman–Crippen MR) is 208 cm³/mol. The van der Waals surface area contributed by atoms with Gasteiger partial charge in [-0.3, -0.25) is 28.0 Å². The van der Waals surface area contributed by atoms with Crippen LogP contribution < -0.4 is 0 Å². The van der Waals surface area contributed by atoms with Crippen molar-refractivity contribution in [1.29, 1.82) is 0 Å². The number of carbonyl (C=O) groups is 3. The second-order valence-corrected chi connectivity index (χ2v) is 17.9. The maximum Gasteiger partial charge on any atom is 0.472 e. The number of Topliss-reactive ketones (excluding diaryl/α,β-unsaturated/α-hetero) is 1. The summed E-state index contributed by atoms with van der Waals surface area (Å²) in [5, 5.41) is 30.4. The van der Waals surface area contributed by atoms with Gasteiger partial charge in [0.05, 0.1) is 32.0 Å². The van der Waals surface area contributed by atoms with Crippen LogP contribution >= 0.6 is 15.6 Å². The van der Waals surface area contributed by atoms with Crippen molar-refractivity contribution in [1.82, 2.24) is 0 Å². The van der Waals surface area contributed by atoms with E-state index in [1.807, 2.05) is 0 Å². The molecule has 7 atom stereocenters. The highest BCUT2D eigenvalue weighted by Gasteiger charge is 2.39. The highest BCUT2D eigenvalue weighted by molar-refractivity contribution is 7.47. The molecule has 1 saturated carbocycles. The average molecular weight is 845 g/mol. The molecule has 0 bridgehead atoms. The maximum atomic E-state index is 12.6. The summed E-state index contributed by atoms with van der Waals surface area (Å²) in [5.41, 5.74) is 0. The quantitative estimate of drug-likeness (QED) is 0.0182. The third-order valence-corrected chi connectivity index (χ3v) is 10.9. The molecule has 16 nitrogen and oxygen atoms in total. The minimum absolute atomic E-state index is 0.0289. The zero-order chi connectivity index (χ0) is 42.0. The van der Waals surface area contributed by atoms with Gasteiger partial charge in [0, 0.05) is 25.2 Å². The normalized spacial score (nSPS) is 20.3. The molecule has 56 heavy (non-hydrogen) atoms. The molecule has 0 aromatic heterocycles. The molecule has 1 aliphatic carbocycles. The number of phosphoric acid groups is 2. The Balaban J connectivity index is 2.56. The number of ketones is 1. The number of hydrogen-bond donors (Lipinski definition) is 6. The first-order chi connectivity index (χ1) is 26.4. The fourth-order valence-corrected chi connectivity index (χ4v) is 7.47. The summed E-state index contributed by atoms with van der Waals surface area (Å²) in [6.45, 7) is 3.56. The van der Waals surface area contributed by atoms with Gasteiger partial charge in [0.1, 0.15) is 18.5 Å². The molecule has 0 spiro atoms. The van der Waals surface area contributed by atoms with E-state index < -0.39 is 84.3 Å². The van der Waals surface area contributed by atoms with Crippen LogP contribution in [0.4, 0.5) is 0 Å². The Labute approximate surface area is 332 Å². The van der Waals surface area contributed by atoms with Crippen molar-refractivity contribution in [2.45, 2.75) is 167 Å². The molecule has 0 aromatic carbocycles. The topological polar surface area (TPSA) is 253 Å². The van der Waals surface area contributed by atoms with Gasteiger partial charge in [-0.2, -0.15) is 0 Å². The van der Waals surface area contributed by atoms with E-state index in [9.17, 15) is 43.7 Å². The molecule has 0 heterocycles. The number of unbranched alkanes of at least 4 members (excludes halogenated alkanes) is 10. The molecule has 18 heteroatoms. The third-order valence-electron chi connectivity index (χ3n) is 9.48. The molecule has 0 aromatic rings. The number of aliphatic hydroxyl groups is 3. The molecule has 0 amide bonds. The Morgan fingerprint density at radius 3 is 1.98 bits per heavy atom. The van der Waals surface area contributed by atoms with E-state index in [0.717, 1.165) is 64.2 Å². The summed E-state index contributed by atoms with van der Waals surface area (Å²) >= 11 is 0. The number of aliphatic hydroxyl groups excluding tert-OH is 3. The van der Waals surface area contributed by atoms with Crippen molar-refractivity contribution >= 4 is 33.4 Å². The molecule has 1 rings (SSSR count). The number of carbonyl (C=O) groups excluding carboxylic acids is 3. The summed E-state index contributed by atoms with van der Waals surface area (Å²) in [6, 6.07) is 0. The van der Waals surface area contributed by atoms with Crippen LogP contribution in [0, 0.1) is 17.8 Å². The SMILES string of the molecule is CCCCC[C@H](O)/C=C/[C@H]1C(=O)C[C@H](O)[C@@H]1CCCCCCC(=O)OC[C@H](COP(=O)(O)OC[C@@H](O)COP(=O)(O)O)OC(=O)CCCCCCCCC(C)C. The van der Waals surface area contributed by atoms with Crippen LogP contribution in [0.5, 0.6) is 0 Å². The lowest BCUT2D eigenvalue weighted by Crippen LogP contribution is -2.30. The monoisotopic (exact) mass is 844 g/mol. The zero-order valence-electron chi connectivity index (χ0n) is 33.6. The molecule has 1 unspecified atom stereocenters. The fraction of sp³-hybridized carbons (Fsp3) is 0.868. The van der Waals surface area contributed by atoms with Crippen molar-refractivity contribution in [3.63, 3.8) is 0 Å². The van der Waals surface area contributed by atoms with E-state index in [1.54, 1.807) is 12.2 Å². The number of hydrogen-bond acceptors (Lipinski definition) is 13. The lowest BCUT2D eigenvalue weighted by molar-refractivity contribution is -0.161. The van der Waals surface area contributed by atoms with E-state index in [4.69, 9.17) is 23.8 Å². The third kappa shape index (κ3) is 27.2. The standard InChI is InChI=1S/C38H70O16P2/c1-4-5-12-18-30(39)22-23-34-33(35(41)24-36(34)42)19-14-10-11-15-20-37(43)50-27-32(54-38(44)21-16-9-7-6-8-13-17-29(2)3)28-53-56(48,49)52-26-31(40)25-51-55(45,46)47/h22-23,29-35,39-41H,4-21,24-28H2,1-3H3,(H,48,49)(H2,45,46,47)/b23-22+/t30-,31-,32+,33+,34+,35-/m0/s1. The summed E-state index contributed by atoms with van der Waals surface area (Å²) in [7, 11) is -9.74. The molecule has 328 valence electrons. The Bertz CT molecular complexity index is 1220. The molecular weight excluding hydrogens is 774 g/mol. The van der Waals surface area contributed by atoms with Crippen LogP contribution in [-0.2, 0) is 46.6 Å². The van der Waals surface area contributed by atoms with Gasteiger partial charge in [-0.15, -0.1) is 0 Å². The van der Waals surface area contributed by atoms with E-state index >= 15 is 0 Å². The molecule has 6 N–H and O–H groups in total. The first-order valence-corrected chi connectivity index (χ1v) is 23.4. The van der Waals surface area contributed by atoms with Gasteiger partial charge in [0.2, 0.25) is 0 Å². The fourth-order valence-electron chi connectivity index (χ4n) is 6.32. The summed E-state index contributed by atoms with van der Waals surface area (Å²) in [4.78, 5) is 65.2. The van der Waals surface area contributed by atoms with Crippen molar-refractivity contribution in [3.05, 3.63) is 12.2 Å². The van der Waals surface area contributed by atoms with Crippen LogP contribution in [0.2, 0.25) is 0 Å². The van der Waals surface area contributed by atoms with Crippen molar-refractivity contribution in [2.24, 2.45) is 17.8 Å². The Morgan fingerprint density at radius 1 is 0.768 bits per heavy atom. The van der Waals surface area contributed by atoms with Crippen molar-refractivity contribution < 1.29 is 76.6 Å². The van der Waals surface area contributed by atoms with Gasteiger partial charge in [0.15, 0.2) is 6.10 Å². The highest BCUT2D eigenvalue weighted by atomic mass is 31.2. The van der Waals surface area contributed by atoms with Gasteiger partial charge in [-0.25, -0.2) is 9.13 Å². The molecular formula is C38H70O16P2. The Hall–Kier alpha value is -1.55. The van der Waals surface area contributed by atoms with Gasteiger partial charge in [0.25, 0.3) is 0 Å². The van der Waals surface area contributed by atoms with Crippen molar-refractivity contribution in [3.8, 4) is 0 Å². The zero-order valence-corrected chi connectivity index (χ0v) is 35.4. The minimum atomic E-state index is -4.89. The smallest absolute Gasteiger partial charge is 0.462 e. The highest BCUT2D eigenvalue weighted by Crippen LogP contribution is 2.44. The first kappa shape index (κ1) is 52.5. The van der Waals surface area contributed by atoms with E-state index in [-0.39, 0.29) is 31.0 Å². The summed E-state index contributed by atoms with van der Waals surface area (Å²) in [6.07, 6.45) is 13.2. The van der Waals surface area contributed by atoms with Crippen LogP contribution in [0.15, 0.2) is 12.2 Å². The van der Waals surface area contributed by atoms with Gasteiger partial charge >= 0.3 is 27.6 Å². The minimum Gasteiger partial charge on any atom is -0.462 e. The van der Waals surface area contributed by atoms with Crippen LogP contribution in [0.1, 0.15) is 143 Å². The van der Waals surface area contributed by atoms with Crippen molar-refractivity contribution in [2.75, 3.05) is 26.4 Å². The molecule has 1 aliphatic rings. The summed E-state index contributed by atoms with van der Waals surface area (Å²) in [5.74, 6) is -1.20. The van der Waals surface area contributed by atoms with E-state index in [0.29, 0.717) is 38.0 Å². The van der Waals surface area contributed by atoms with Crippen LogP contribution in [-0.4, -0.2) is 98.6 Å². The summed E-state index contributed by atoms with van der Waals surface area (Å²) < 4.78 is 47.6. The van der Waals surface area contributed by atoms with Crippen LogP contribution in [0.25, 0.3) is 0 Å². The largest absolute Gasteiger partial charge is 0.472 e. The second kappa shape index (κ2) is 29.6. The number of allylic oxidation sites excluding steroid dienone is 1. The molecule has 0 aliphatic heterocycles. The second-order valence-electron chi connectivity index (χ2n) is 15.2. The number of phosphoric ester groups is 2. The molecule has 1 fully saturated rings. The maximum absolute atomic E-state index is 12.6. The number of ether oxygens (including phenoxy) is 2. The van der Waals surface area contributed by atoms with E-state index in [1.165, 1.54) is 6.42 Å². The van der Waals surface area contributed by atoms with Crippen LogP contribution in [0.3, 0.4) is 0 Å². The first-order valence-electron chi connectivity index (χ1n) is 20.3. The predicted octanol–water partition coefficient (Wildman–Crippen LogP) is 6.23. The average Bonchev–Trinajstić information content (AvgIpc) is 3.39. The number of rotatable bonds is 34. The molecule has 0 saturated heterocycles. The molecule has 0 radical (unpaired) electrons. The number of esters is 2. The Morgan fingerprint density at radius 2 is 1.34 bits per heavy atom. The van der Waals surface area contributed by atoms with E-state index in [2.05, 4.69) is 29.8 Å². The Kier molecular flexibility index (Phi) is 27.8. The van der Waals surface area contributed by atoms with Gasteiger partial charge in [-0.1, -0.05) is 110 Å².